The quantitative estimate of drug-likeness (QED) is 0.432. The number of carboxylic acids is 2. The fourth-order valence-electron chi connectivity index (χ4n) is 2.74. The standard InChI is InChI=1S/C22H29NO2.C2H2O4/c1-4-10-19-13-14-21(22(17-19)24-3)25-16-9-8-15-23(2)18-20-11-6-5-7-12-20;3-1(4)2(5)6/h4-7,10-14,17H,8-9,15-16,18H2,1-3H3;(H,3,4)(H,5,6). The van der Waals surface area contributed by atoms with Crippen LogP contribution in [0.5, 0.6) is 11.5 Å². The number of methoxy groups -OCH3 is 1. The lowest BCUT2D eigenvalue weighted by Gasteiger charge is -2.17. The van der Waals surface area contributed by atoms with Gasteiger partial charge >= 0.3 is 11.9 Å². The predicted molar refractivity (Wildman–Crippen MR) is 120 cm³/mol. The summed E-state index contributed by atoms with van der Waals surface area (Å²) in [6.45, 7) is 4.77. The number of allylic oxidation sites excluding steroid dienone is 1. The molecule has 0 aromatic heterocycles. The SMILES string of the molecule is CC=Cc1ccc(OCCCCN(C)Cc2ccccc2)c(OC)c1.O=C(O)C(=O)O. The second kappa shape index (κ2) is 14.6. The summed E-state index contributed by atoms with van der Waals surface area (Å²) in [6, 6.07) is 16.6. The third kappa shape index (κ3) is 10.9. The molecular formula is C24H31NO6. The molecule has 0 spiro atoms. The monoisotopic (exact) mass is 429 g/mol. The van der Waals surface area contributed by atoms with E-state index in [0.29, 0.717) is 6.61 Å². The molecule has 31 heavy (non-hydrogen) atoms. The van der Waals surface area contributed by atoms with Crippen LogP contribution in [0.4, 0.5) is 0 Å². The molecule has 2 rings (SSSR count). The van der Waals surface area contributed by atoms with Gasteiger partial charge in [0.15, 0.2) is 11.5 Å². The van der Waals surface area contributed by atoms with Crippen LogP contribution in [0, 0.1) is 0 Å². The molecule has 0 unspecified atom stereocenters. The summed E-state index contributed by atoms with van der Waals surface area (Å²) in [5.74, 6) is -2.05. The Balaban J connectivity index is 0.000000703. The van der Waals surface area contributed by atoms with E-state index in [2.05, 4.69) is 48.4 Å². The van der Waals surface area contributed by atoms with Crippen molar-refractivity contribution in [3.8, 4) is 11.5 Å². The van der Waals surface area contributed by atoms with Gasteiger partial charge in [-0.1, -0.05) is 48.6 Å². The summed E-state index contributed by atoms with van der Waals surface area (Å²) in [6.07, 6.45) is 6.21. The molecule has 0 amide bonds. The zero-order chi connectivity index (χ0) is 23.1. The van der Waals surface area contributed by atoms with Gasteiger partial charge in [-0.25, -0.2) is 9.59 Å². The van der Waals surface area contributed by atoms with E-state index in [1.165, 1.54) is 5.56 Å². The molecule has 0 bridgehead atoms. The Hall–Kier alpha value is -3.32. The van der Waals surface area contributed by atoms with Crippen LogP contribution in [0.25, 0.3) is 6.08 Å². The van der Waals surface area contributed by atoms with Crippen LogP contribution in [0.1, 0.15) is 30.9 Å². The van der Waals surface area contributed by atoms with Gasteiger partial charge in [-0.3, -0.25) is 0 Å². The minimum absolute atomic E-state index is 0.707. The first-order chi connectivity index (χ1) is 14.9. The lowest BCUT2D eigenvalue weighted by atomic mass is 10.2. The van der Waals surface area contributed by atoms with Crippen molar-refractivity contribution in [3.63, 3.8) is 0 Å². The topological polar surface area (TPSA) is 96.3 Å². The number of nitrogens with zero attached hydrogens (tertiary/aromatic N) is 1. The first-order valence-corrected chi connectivity index (χ1v) is 9.99. The highest BCUT2D eigenvalue weighted by atomic mass is 16.5. The number of rotatable bonds is 10. The molecule has 7 heteroatoms. The van der Waals surface area contributed by atoms with E-state index in [-0.39, 0.29) is 0 Å². The predicted octanol–water partition coefficient (Wildman–Crippen LogP) is 4.17. The summed E-state index contributed by atoms with van der Waals surface area (Å²) in [7, 11) is 3.84. The van der Waals surface area contributed by atoms with Crippen LogP contribution in [-0.4, -0.2) is 54.4 Å². The average Bonchev–Trinajstić information content (AvgIpc) is 2.75. The van der Waals surface area contributed by atoms with Gasteiger partial charge in [-0.15, -0.1) is 0 Å². The van der Waals surface area contributed by atoms with E-state index >= 15 is 0 Å². The third-order valence-electron chi connectivity index (χ3n) is 4.22. The highest BCUT2D eigenvalue weighted by Crippen LogP contribution is 2.28. The van der Waals surface area contributed by atoms with Crippen LogP contribution in [0.15, 0.2) is 54.6 Å². The van der Waals surface area contributed by atoms with Crippen LogP contribution in [0.2, 0.25) is 0 Å². The Labute approximate surface area is 183 Å². The Morgan fingerprint density at radius 2 is 1.68 bits per heavy atom. The smallest absolute Gasteiger partial charge is 0.414 e. The van der Waals surface area contributed by atoms with Crippen molar-refractivity contribution in [2.75, 3.05) is 27.3 Å². The van der Waals surface area contributed by atoms with Crippen molar-refractivity contribution in [1.29, 1.82) is 0 Å². The lowest BCUT2D eigenvalue weighted by Crippen LogP contribution is -2.19. The molecule has 168 valence electrons. The molecule has 2 aromatic rings. The summed E-state index contributed by atoms with van der Waals surface area (Å²) < 4.78 is 11.3. The number of carboxylic acid groups (broad SMARTS) is 2. The summed E-state index contributed by atoms with van der Waals surface area (Å²) in [5, 5.41) is 14.8. The molecule has 0 heterocycles. The van der Waals surface area contributed by atoms with Crippen LogP contribution >= 0.6 is 0 Å². The van der Waals surface area contributed by atoms with Crippen molar-refractivity contribution in [3.05, 3.63) is 65.7 Å². The number of aliphatic carboxylic acids is 2. The molecular weight excluding hydrogens is 398 g/mol. The van der Waals surface area contributed by atoms with Gasteiger partial charge in [0.25, 0.3) is 0 Å². The number of benzene rings is 2. The first kappa shape index (κ1) is 25.7. The Morgan fingerprint density at radius 3 is 2.26 bits per heavy atom. The Kier molecular flexibility index (Phi) is 12.1. The Bertz CT molecular complexity index is 823. The maximum Gasteiger partial charge on any atom is 0.414 e. The highest BCUT2D eigenvalue weighted by Gasteiger charge is 2.05. The van der Waals surface area contributed by atoms with Crippen molar-refractivity contribution in [2.45, 2.75) is 26.3 Å². The van der Waals surface area contributed by atoms with Gasteiger partial charge in [0.1, 0.15) is 0 Å². The maximum atomic E-state index is 9.10. The molecule has 2 aromatic carbocycles. The minimum Gasteiger partial charge on any atom is -0.493 e. The fraction of sp³-hybridized carbons (Fsp3) is 0.333. The maximum absolute atomic E-state index is 9.10. The number of ether oxygens (including phenoxy) is 2. The van der Waals surface area contributed by atoms with Gasteiger partial charge < -0.3 is 24.6 Å². The van der Waals surface area contributed by atoms with Crippen molar-refractivity contribution in [1.82, 2.24) is 4.90 Å². The lowest BCUT2D eigenvalue weighted by molar-refractivity contribution is -0.159. The number of carbonyl (C=O) groups is 2. The summed E-state index contributed by atoms with van der Waals surface area (Å²) in [5.41, 5.74) is 2.47. The van der Waals surface area contributed by atoms with Gasteiger partial charge in [0.2, 0.25) is 0 Å². The molecule has 0 atom stereocenters. The van der Waals surface area contributed by atoms with E-state index in [9.17, 15) is 0 Å². The first-order valence-electron chi connectivity index (χ1n) is 9.99. The minimum atomic E-state index is -1.82. The summed E-state index contributed by atoms with van der Waals surface area (Å²) >= 11 is 0. The second-order valence-corrected chi connectivity index (χ2v) is 6.80. The Morgan fingerprint density at radius 1 is 1.00 bits per heavy atom. The molecule has 0 saturated carbocycles. The van der Waals surface area contributed by atoms with E-state index in [1.807, 2.05) is 31.2 Å². The molecule has 7 nitrogen and oxygen atoms in total. The van der Waals surface area contributed by atoms with E-state index in [1.54, 1.807) is 7.11 Å². The van der Waals surface area contributed by atoms with E-state index < -0.39 is 11.9 Å². The molecule has 0 aliphatic rings. The molecule has 0 saturated heterocycles. The van der Waals surface area contributed by atoms with Gasteiger partial charge in [0, 0.05) is 6.54 Å². The largest absolute Gasteiger partial charge is 0.493 e. The van der Waals surface area contributed by atoms with Gasteiger partial charge in [0.05, 0.1) is 13.7 Å². The van der Waals surface area contributed by atoms with Gasteiger partial charge in [-0.2, -0.15) is 0 Å². The third-order valence-corrected chi connectivity index (χ3v) is 4.22. The summed E-state index contributed by atoms with van der Waals surface area (Å²) in [4.78, 5) is 20.5. The number of hydrogen-bond donors (Lipinski definition) is 2. The van der Waals surface area contributed by atoms with Gasteiger partial charge in [-0.05, 0) is 56.6 Å². The number of unbranched alkanes of at least 4 members (excludes halogenated alkanes) is 1. The average molecular weight is 430 g/mol. The van der Waals surface area contributed by atoms with Crippen molar-refractivity contribution in [2.24, 2.45) is 0 Å². The van der Waals surface area contributed by atoms with E-state index in [4.69, 9.17) is 29.3 Å². The fourth-order valence-corrected chi connectivity index (χ4v) is 2.74. The molecule has 0 aliphatic carbocycles. The van der Waals surface area contributed by atoms with Crippen LogP contribution in [0.3, 0.4) is 0 Å². The number of hydrogen-bond acceptors (Lipinski definition) is 5. The normalized spacial score (nSPS) is 10.5. The molecule has 0 radical (unpaired) electrons. The van der Waals surface area contributed by atoms with Crippen LogP contribution < -0.4 is 9.47 Å². The van der Waals surface area contributed by atoms with E-state index in [0.717, 1.165) is 43.0 Å². The molecule has 0 aliphatic heterocycles. The molecule has 0 fully saturated rings. The van der Waals surface area contributed by atoms with Crippen molar-refractivity contribution < 1.29 is 29.3 Å². The highest BCUT2D eigenvalue weighted by molar-refractivity contribution is 6.27. The zero-order valence-electron chi connectivity index (χ0n) is 18.3. The van der Waals surface area contributed by atoms with Crippen molar-refractivity contribution >= 4 is 18.0 Å². The molecule has 2 N–H and O–H groups in total. The zero-order valence-corrected chi connectivity index (χ0v) is 18.3. The second-order valence-electron chi connectivity index (χ2n) is 6.80. The van der Waals surface area contributed by atoms with Crippen LogP contribution in [-0.2, 0) is 16.1 Å².